The molecule has 0 spiro atoms. The summed E-state index contributed by atoms with van der Waals surface area (Å²) in [6.45, 7) is 5.83. The number of hydrogen-bond acceptors (Lipinski definition) is 6. The first kappa shape index (κ1) is 24.2. The number of carbonyl (C=O) groups is 2. The van der Waals surface area contributed by atoms with Crippen molar-refractivity contribution in [2.75, 3.05) is 13.2 Å². The standard InChI is InChI=1S/C19H28BrNO5Te/c1-4-7-8-9-10-11-12-27-17-15(22)13(18(23)25-5-2)14(16(20)21-17)19(24)26-6-3/h22H,4-12H2,1-3H3. The maximum absolute atomic E-state index is 12.4. The van der Waals surface area contributed by atoms with E-state index in [4.69, 9.17) is 9.47 Å². The summed E-state index contributed by atoms with van der Waals surface area (Å²) in [6, 6.07) is 0. The predicted octanol–water partition coefficient (Wildman–Crippen LogP) is 4.01. The third-order valence-corrected chi connectivity index (χ3v) is 7.36. The molecule has 0 amide bonds. The molecule has 0 aliphatic carbocycles. The van der Waals surface area contributed by atoms with Crippen LogP contribution in [0.3, 0.4) is 0 Å². The fourth-order valence-corrected chi connectivity index (χ4v) is 6.05. The van der Waals surface area contributed by atoms with Gasteiger partial charge in [0.05, 0.1) is 0 Å². The van der Waals surface area contributed by atoms with Crippen LogP contribution in [0.1, 0.15) is 80.0 Å². The van der Waals surface area contributed by atoms with Crippen LogP contribution in [0.4, 0.5) is 0 Å². The van der Waals surface area contributed by atoms with Gasteiger partial charge in [-0.2, -0.15) is 0 Å². The van der Waals surface area contributed by atoms with Crippen LogP contribution in [0.5, 0.6) is 5.75 Å². The Kier molecular flexibility index (Phi) is 12.0. The van der Waals surface area contributed by atoms with E-state index >= 15 is 0 Å². The van der Waals surface area contributed by atoms with Crippen molar-refractivity contribution in [2.45, 2.75) is 63.8 Å². The van der Waals surface area contributed by atoms with Crippen molar-refractivity contribution in [3.63, 3.8) is 0 Å². The number of pyridine rings is 1. The van der Waals surface area contributed by atoms with Gasteiger partial charge >= 0.3 is 180 Å². The molecule has 0 aliphatic rings. The minimum atomic E-state index is -0.782. The summed E-state index contributed by atoms with van der Waals surface area (Å²) in [5.41, 5.74) is -0.233. The molecule has 0 aliphatic heterocycles. The van der Waals surface area contributed by atoms with Crippen molar-refractivity contribution in [3.05, 3.63) is 15.7 Å². The monoisotopic (exact) mass is 559 g/mol. The van der Waals surface area contributed by atoms with Gasteiger partial charge in [-0.3, -0.25) is 0 Å². The second kappa shape index (κ2) is 13.4. The summed E-state index contributed by atoms with van der Waals surface area (Å²) in [7, 11) is 0. The average Bonchev–Trinajstić information content (AvgIpc) is 2.63. The third-order valence-electron chi connectivity index (χ3n) is 3.79. The first-order chi connectivity index (χ1) is 13.0. The Morgan fingerprint density at radius 3 is 2.11 bits per heavy atom. The number of carbonyl (C=O) groups excluding carboxylic acids is 2. The first-order valence-corrected chi connectivity index (χ1v) is 13.0. The molecule has 6 nitrogen and oxygen atoms in total. The number of hydrogen-bond donors (Lipinski definition) is 1. The van der Waals surface area contributed by atoms with Crippen molar-refractivity contribution in [3.8, 4) is 5.75 Å². The fraction of sp³-hybridized carbons (Fsp3) is 0.632. The van der Waals surface area contributed by atoms with Crippen LogP contribution in [0, 0.1) is 0 Å². The number of ether oxygens (including phenoxy) is 2. The zero-order valence-corrected chi connectivity index (χ0v) is 20.1. The van der Waals surface area contributed by atoms with Gasteiger partial charge in [0.25, 0.3) is 0 Å². The van der Waals surface area contributed by atoms with Gasteiger partial charge in [-0.25, -0.2) is 0 Å². The zero-order chi connectivity index (χ0) is 20.2. The second-order valence-corrected chi connectivity index (χ2v) is 9.71. The molecule has 0 unspecified atom stereocenters. The molecule has 0 saturated carbocycles. The van der Waals surface area contributed by atoms with Crippen LogP contribution in [-0.2, 0) is 9.47 Å². The van der Waals surface area contributed by atoms with Crippen molar-refractivity contribution in [2.24, 2.45) is 0 Å². The van der Waals surface area contributed by atoms with Gasteiger partial charge < -0.3 is 0 Å². The molecule has 1 heterocycles. The maximum atomic E-state index is 12.4. The second-order valence-electron chi connectivity index (χ2n) is 5.86. The number of aromatic hydroxyl groups is 1. The number of unbranched alkanes of at least 4 members (excludes halogenated alkanes) is 5. The van der Waals surface area contributed by atoms with Crippen LogP contribution in [0.15, 0.2) is 4.60 Å². The molecule has 0 aromatic carbocycles. The van der Waals surface area contributed by atoms with E-state index in [1.165, 1.54) is 32.1 Å². The van der Waals surface area contributed by atoms with Crippen molar-refractivity contribution < 1.29 is 24.2 Å². The molecular weight excluding hydrogens is 530 g/mol. The SMILES string of the molecule is CCCCCCCC[Te]c1nc(Br)c(C(=O)OCC)c(C(=O)OCC)c1O. The Labute approximate surface area is 179 Å². The molecule has 152 valence electrons. The van der Waals surface area contributed by atoms with Gasteiger partial charge in [0.15, 0.2) is 0 Å². The van der Waals surface area contributed by atoms with Crippen LogP contribution in [0.2, 0.25) is 4.47 Å². The average molecular weight is 558 g/mol. The summed E-state index contributed by atoms with van der Waals surface area (Å²) in [5.74, 6) is -1.69. The summed E-state index contributed by atoms with van der Waals surface area (Å²) >= 11 is 2.48. The third kappa shape index (κ3) is 7.59. The number of aromatic nitrogens is 1. The van der Waals surface area contributed by atoms with Crippen molar-refractivity contribution in [1.82, 2.24) is 4.98 Å². The molecule has 0 bridgehead atoms. The molecule has 1 aromatic rings. The minimum absolute atomic E-state index is 0.0800. The van der Waals surface area contributed by atoms with E-state index < -0.39 is 32.9 Å². The normalized spacial score (nSPS) is 10.7. The summed E-state index contributed by atoms with van der Waals surface area (Å²) < 4.78 is 11.7. The van der Waals surface area contributed by atoms with E-state index in [2.05, 4.69) is 27.8 Å². The van der Waals surface area contributed by atoms with E-state index in [1.54, 1.807) is 13.8 Å². The van der Waals surface area contributed by atoms with Crippen LogP contribution >= 0.6 is 15.9 Å². The van der Waals surface area contributed by atoms with E-state index in [0.29, 0.717) is 3.74 Å². The van der Waals surface area contributed by atoms with Crippen molar-refractivity contribution >= 4 is 52.5 Å². The first-order valence-electron chi connectivity index (χ1n) is 9.37. The Bertz CT molecular complexity index is 639. The number of nitrogens with zero attached hydrogens (tertiary/aromatic N) is 1. The zero-order valence-electron chi connectivity index (χ0n) is 16.2. The van der Waals surface area contributed by atoms with Gasteiger partial charge in [0.1, 0.15) is 0 Å². The summed E-state index contributed by atoms with van der Waals surface area (Å²) in [6.07, 6.45) is 7.22. The van der Waals surface area contributed by atoms with Gasteiger partial charge in [-0.1, -0.05) is 0 Å². The molecule has 1 rings (SSSR count). The molecule has 0 fully saturated rings. The van der Waals surface area contributed by atoms with Gasteiger partial charge in [0, 0.05) is 0 Å². The summed E-state index contributed by atoms with van der Waals surface area (Å²) in [4.78, 5) is 28.9. The van der Waals surface area contributed by atoms with Gasteiger partial charge in [0.2, 0.25) is 0 Å². The van der Waals surface area contributed by atoms with Crippen LogP contribution < -0.4 is 3.74 Å². The summed E-state index contributed by atoms with van der Waals surface area (Å²) in [5, 5.41) is 10.6. The molecule has 27 heavy (non-hydrogen) atoms. The van der Waals surface area contributed by atoms with Crippen molar-refractivity contribution in [1.29, 1.82) is 0 Å². The van der Waals surface area contributed by atoms with E-state index in [1.807, 2.05) is 0 Å². The molecule has 1 N–H and O–H groups in total. The Hall–Kier alpha value is -0.840. The topological polar surface area (TPSA) is 85.7 Å². The molecule has 0 saturated heterocycles. The Morgan fingerprint density at radius 1 is 0.963 bits per heavy atom. The number of rotatable bonds is 12. The van der Waals surface area contributed by atoms with E-state index in [9.17, 15) is 14.7 Å². The molecule has 0 radical (unpaired) electrons. The van der Waals surface area contributed by atoms with E-state index in [0.717, 1.165) is 10.9 Å². The molecule has 1 aromatic heterocycles. The molecule has 0 atom stereocenters. The van der Waals surface area contributed by atoms with Gasteiger partial charge in [-0.05, 0) is 0 Å². The van der Waals surface area contributed by atoms with Gasteiger partial charge in [-0.15, -0.1) is 0 Å². The quantitative estimate of drug-likeness (QED) is 0.181. The molecular formula is C19H28BrNO5Te. The molecule has 8 heteroatoms. The van der Waals surface area contributed by atoms with E-state index in [-0.39, 0.29) is 34.7 Å². The van der Waals surface area contributed by atoms with Crippen LogP contribution in [0.25, 0.3) is 0 Å². The Morgan fingerprint density at radius 2 is 1.52 bits per heavy atom. The Balaban J connectivity index is 2.97. The number of esters is 2. The van der Waals surface area contributed by atoms with Crippen LogP contribution in [-0.4, -0.2) is 56.2 Å². The fourth-order valence-electron chi connectivity index (χ4n) is 2.47. The predicted molar refractivity (Wildman–Crippen MR) is 109 cm³/mol. The number of halogens is 1.